The quantitative estimate of drug-likeness (QED) is 0.809. The number of carbonyl (C=O) groups excluding carboxylic acids is 1. The van der Waals surface area contributed by atoms with E-state index < -0.39 is 0 Å². The van der Waals surface area contributed by atoms with Crippen molar-refractivity contribution in [1.82, 2.24) is 5.32 Å². The molecule has 1 fully saturated rings. The first-order valence-electron chi connectivity index (χ1n) is 5.61. The first-order valence-corrected chi connectivity index (χ1v) is 5.99. The number of nitrogens with two attached hydrogens (primary N) is 1. The molecule has 0 aliphatic carbocycles. The standard InChI is InChI=1S/C12H15ClN2O2/c13-9-4-8(5-10(14)6-9)12(16)15-7-11-2-1-3-17-11/h4-6,11H,1-3,7,14H2,(H,15,16). The van der Waals surface area contributed by atoms with Crippen molar-refractivity contribution in [3.8, 4) is 0 Å². The maximum absolute atomic E-state index is 11.8. The minimum absolute atomic E-state index is 0.135. The molecule has 1 unspecified atom stereocenters. The highest BCUT2D eigenvalue weighted by molar-refractivity contribution is 6.31. The van der Waals surface area contributed by atoms with Gasteiger partial charge in [0, 0.05) is 29.4 Å². The lowest BCUT2D eigenvalue weighted by Crippen LogP contribution is -2.31. The predicted molar refractivity (Wildman–Crippen MR) is 67.2 cm³/mol. The molecule has 0 saturated carbocycles. The lowest BCUT2D eigenvalue weighted by Gasteiger charge is -2.11. The number of anilines is 1. The van der Waals surface area contributed by atoms with E-state index in [0.29, 0.717) is 22.8 Å². The van der Waals surface area contributed by atoms with Gasteiger partial charge in [0.15, 0.2) is 0 Å². The zero-order valence-electron chi connectivity index (χ0n) is 9.41. The Balaban J connectivity index is 1.94. The monoisotopic (exact) mass is 254 g/mol. The molecule has 92 valence electrons. The highest BCUT2D eigenvalue weighted by Crippen LogP contribution is 2.17. The summed E-state index contributed by atoms with van der Waals surface area (Å²) in [6.45, 7) is 1.32. The summed E-state index contributed by atoms with van der Waals surface area (Å²) in [5.74, 6) is -0.172. The van der Waals surface area contributed by atoms with Crippen molar-refractivity contribution >= 4 is 23.2 Å². The topological polar surface area (TPSA) is 64.4 Å². The number of hydrogen-bond acceptors (Lipinski definition) is 3. The molecule has 1 atom stereocenters. The molecule has 0 radical (unpaired) electrons. The van der Waals surface area contributed by atoms with Crippen LogP contribution in [0.1, 0.15) is 23.2 Å². The molecule has 17 heavy (non-hydrogen) atoms. The number of hydrogen-bond donors (Lipinski definition) is 2. The van der Waals surface area contributed by atoms with Crippen LogP contribution in [0.15, 0.2) is 18.2 Å². The molecule has 1 heterocycles. The van der Waals surface area contributed by atoms with Crippen molar-refractivity contribution in [2.75, 3.05) is 18.9 Å². The fraction of sp³-hybridized carbons (Fsp3) is 0.417. The van der Waals surface area contributed by atoms with Gasteiger partial charge in [0.2, 0.25) is 0 Å². The van der Waals surface area contributed by atoms with Crippen LogP contribution in [0, 0.1) is 0 Å². The zero-order chi connectivity index (χ0) is 12.3. The fourth-order valence-corrected chi connectivity index (χ4v) is 2.10. The third-order valence-electron chi connectivity index (χ3n) is 2.70. The van der Waals surface area contributed by atoms with Gasteiger partial charge in [0.1, 0.15) is 0 Å². The smallest absolute Gasteiger partial charge is 0.251 e. The first-order chi connectivity index (χ1) is 8.15. The number of amides is 1. The van der Waals surface area contributed by atoms with E-state index in [1.807, 2.05) is 0 Å². The maximum atomic E-state index is 11.8. The second-order valence-corrected chi connectivity index (χ2v) is 4.55. The van der Waals surface area contributed by atoms with Gasteiger partial charge in [-0.15, -0.1) is 0 Å². The van der Waals surface area contributed by atoms with Crippen molar-refractivity contribution in [1.29, 1.82) is 0 Å². The molecule has 0 spiro atoms. The van der Waals surface area contributed by atoms with Crippen LogP contribution in [0.25, 0.3) is 0 Å². The Morgan fingerprint density at radius 1 is 1.53 bits per heavy atom. The van der Waals surface area contributed by atoms with E-state index in [1.165, 1.54) is 0 Å². The Bertz CT molecular complexity index is 397. The summed E-state index contributed by atoms with van der Waals surface area (Å²) in [7, 11) is 0. The molecular weight excluding hydrogens is 240 g/mol. The minimum atomic E-state index is -0.172. The zero-order valence-corrected chi connectivity index (χ0v) is 10.2. The normalized spacial score (nSPS) is 19.2. The van der Waals surface area contributed by atoms with Crippen LogP contribution in [0.4, 0.5) is 5.69 Å². The van der Waals surface area contributed by atoms with Crippen molar-refractivity contribution in [3.63, 3.8) is 0 Å². The van der Waals surface area contributed by atoms with Crippen LogP contribution < -0.4 is 11.1 Å². The Kier molecular flexibility index (Phi) is 3.86. The van der Waals surface area contributed by atoms with Gasteiger partial charge >= 0.3 is 0 Å². The van der Waals surface area contributed by atoms with E-state index in [0.717, 1.165) is 19.4 Å². The molecule has 1 aliphatic rings. The maximum Gasteiger partial charge on any atom is 0.251 e. The molecule has 0 aromatic heterocycles. The van der Waals surface area contributed by atoms with Crippen LogP contribution in [0.2, 0.25) is 5.02 Å². The van der Waals surface area contributed by atoms with Gasteiger partial charge in [-0.3, -0.25) is 4.79 Å². The lowest BCUT2D eigenvalue weighted by atomic mass is 10.2. The lowest BCUT2D eigenvalue weighted by molar-refractivity contribution is 0.0858. The number of rotatable bonds is 3. The van der Waals surface area contributed by atoms with Crippen molar-refractivity contribution in [3.05, 3.63) is 28.8 Å². The molecule has 1 amide bonds. The van der Waals surface area contributed by atoms with Crippen LogP contribution in [-0.4, -0.2) is 25.2 Å². The molecule has 0 bridgehead atoms. The van der Waals surface area contributed by atoms with E-state index in [1.54, 1.807) is 18.2 Å². The Hall–Kier alpha value is -1.26. The molecule has 5 heteroatoms. The average Bonchev–Trinajstić information content (AvgIpc) is 2.77. The number of benzene rings is 1. The van der Waals surface area contributed by atoms with Crippen molar-refractivity contribution in [2.45, 2.75) is 18.9 Å². The third kappa shape index (κ3) is 3.35. The SMILES string of the molecule is Nc1cc(Cl)cc(C(=O)NCC2CCCO2)c1. The van der Waals surface area contributed by atoms with E-state index in [2.05, 4.69) is 5.32 Å². The summed E-state index contributed by atoms with van der Waals surface area (Å²) in [6, 6.07) is 4.82. The summed E-state index contributed by atoms with van der Waals surface area (Å²) in [5.41, 5.74) is 6.59. The van der Waals surface area contributed by atoms with Crippen molar-refractivity contribution in [2.24, 2.45) is 0 Å². The van der Waals surface area contributed by atoms with Gasteiger partial charge in [-0.25, -0.2) is 0 Å². The van der Waals surface area contributed by atoms with Crippen LogP contribution in [-0.2, 0) is 4.74 Å². The second kappa shape index (κ2) is 5.38. The van der Waals surface area contributed by atoms with Gasteiger partial charge in [0.25, 0.3) is 5.91 Å². The fourth-order valence-electron chi connectivity index (χ4n) is 1.86. The average molecular weight is 255 g/mol. The number of carbonyl (C=O) groups is 1. The molecule has 1 aromatic rings. The van der Waals surface area contributed by atoms with Gasteiger partial charge in [-0.05, 0) is 31.0 Å². The van der Waals surface area contributed by atoms with Crippen LogP contribution in [0.3, 0.4) is 0 Å². The van der Waals surface area contributed by atoms with E-state index in [4.69, 9.17) is 22.1 Å². The highest BCUT2D eigenvalue weighted by atomic mass is 35.5. The number of nitrogen functional groups attached to an aromatic ring is 1. The Morgan fingerprint density at radius 2 is 2.35 bits per heavy atom. The number of nitrogens with one attached hydrogen (secondary N) is 1. The summed E-state index contributed by atoms with van der Waals surface area (Å²) in [6.07, 6.45) is 2.19. The number of halogens is 1. The summed E-state index contributed by atoms with van der Waals surface area (Å²) in [5, 5.41) is 3.28. The second-order valence-electron chi connectivity index (χ2n) is 4.12. The molecule has 2 rings (SSSR count). The Morgan fingerprint density at radius 3 is 3.00 bits per heavy atom. The summed E-state index contributed by atoms with van der Waals surface area (Å²) in [4.78, 5) is 11.8. The van der Waals surface area contributed by atoms with E-state index in [-0.39, 0.29) is 12.0 Å². The van der Waals surface area contributed by atoms with E-state index in [9.17, 15) is 4.79 Å². The van der Waals surface area contributed by atoms with Crippen LogP contribution >= 0.6 is 11.6 Å². The summed E-state index contributed by atoms with van der Waals surface area (Å²) >= 11 is 5.84. The predicted octanol–water partition coefficient (Wildman–Crippen LogP) is 1.83. The Labute approximate surface area is 105 Å². The largest absolute Gasteiger partial charge is 0.399 e. The van der Waals surface area contributed by atoms with Crippen molar-refractivity contribution < 1.29 is 9.53 Å². The van der Waals surface area contributed by atoms with Crippen LogP contribution in [0.5, 0.6) is 0 Å². The number of ether oxygens (including phenoxy) is 1. The molecular formula is C12H15ClN2O2. The van der Waals surface area contributed by atoms with Gasteiger partial charge < -0.3 is 15.8 Å². The molecule has 3 N–H and O–H groups in total. The molecule has 1 aliphatic heterocycles. The summed E-state index contributed by atoms with van der Waals surface area (Å²) < 4.78 is 5.42. The van der Waals surface area contributed by atoms with Gasteiger partial charge in [-0.2, -0.15) is 0 Å². The van der Waals surface area contributed by atoms with Gasteiger partial charge in [-0.1, -0.05) is 11.6 Å². The van der Waals surface area contributed by atoms with Gasteiger partial charge in [0.05, 0.1) is 6.10 Å². The highest BCUT2D eigenvalue weighted by Gasteiger charge is 2.16. The van der Waals surface area contributed by atoms with E-state index >= 15 is 0 Å². The molecule has 1 saturated heterocycles. The minimum Gasteiger partial charge on any atom is -0.399 e. The molecule has 1 aromatic carbocycles. The molecule has 4 nitrogen and oxygen atoms in total. The third-order valence-corrected chi connectivity index (χ3v) is 2.91. The first kappa shape index (κ1) is 12.2.